The van der Waals surface area contributed by atoms with Gasteiger partial charge in [0.05, 0.1) is 17.1 Å². The number of nitriles is 1. The van der Waals surface area contributed by atoms with Crippen LogP contribution >= 0.6 is 0 Å². The summed E-state index contributed by atoms with van der Waals surface area (Å²) in [7, 11) is 0. The maximum absolute atomic E-state index is 12.4. The number of aromatic amines is 1. The molecule has 0 spiro atoms. The smallest absolute Gasteiger partial charge is 0.162 e. The summed E-state index contributed by atoms with van der Waals surface area (Å²) in [6.07, 6.45) is 1.95. The predicted octanol–water partition coefficient (Wildman–Crippen LogP) is 3.76. The fraction of sp³-hybridized carbons (Fsp3) is 0.211. The minimum atomic E-state index is -0.821. The Balaban J connectivity index is 1.66. The van der Waals surface area contributed by atoms with Crippen LogP contribution < -0.4 is 0 Å². The monoisotopic (exact) mass is 303 g/mol. The Kier molecular flexibility index (Phi) is 4.49. The van der Waals surface area contributed by atoms with E-state index in [2.05, 4.69) is 16.0 Å². The van der Waals surface area contributed by atoms with Gasteiger partial charge in [0.1, 0.15) is 5.82 Å². The van der Waals surface area contributed by atoms with E-state index < -0.39 is 5.92 Å². The van der Waals surface area contributed by atoms with Gasteiger partial charge in [0.15, 0.2) is 11.7 Å². The van der Waals surface area contributed by atoms with E-state index in [1.807, 2.05) is 54.6 Å². The van der Waals surface area contributed by atoms with Crippen molar-refractivity contribution in [3.05, 3.63) is 66.0 Å². The number of H-pyrrole nitrogens is 1. The maximum Gasteiger partial charge on any atom is 0.162 e. The molecule has 0 amide bonds. The molecule has 1 aromatic heterocycles. The van der Waals surface area contributed by atoms with Crippen LogP contribution in [0.4, 0.5) is 0 Å². The number of ketones is 1. The van der Waals surface area contributed by atoms with Crippen molar-refractivity contribution in [2.75, 3.05) is 0 Å². The summed E-state index contributed by atoms with van der Waals surface area (Å²) in [5.74, 6) is -0.459. The molecule has 23 heavy (non-hydrogen) atoms. The number of carbonyl (C=O) groups is 1. The molecule has 114 valence electrons. The van der Waals surface area contributed by atoms with Crippen molar-refractivity contribution in [3.63, 3.8) is 0 Å². The number of nitrogens with zero attached hydrogens (tertiary/aromatic N) is 2. The summed E-state index contributed by atoms with van der Waals surface area (Å²) < 4.78 is 0. The van der Waals surface area contributed by atoms with Gasteiger partial charge in [0.2, 0.25) is 0 Å². The van der Waals surface area contributed by atoms with Crippen LogP contribution in [0, 0.1) is 11.3 Å². The van der Waals surface area contributed by atoms with Crippen LogP contribution in [0.15, 0.2) is 54.6 Å². The quantitative estimate of drug-likeness (QED) is 0.753. The Morgan fingerprint density at radius 1 is 1.13 bits per heavy atom. The van der Waals surface area contributed by atoms with E-state index in [0.29, 0.717) is 12.2 Å². The average Bonchev–Trinajstić information content (AvgIpc) is 3.00. The Hall–Kier alpha value is -2.93. The van der Waals surface area contributed by atoms with Crippen molar-refractivity contribution >= 4 is 16.8 Å². The highest BCUT2D eigenvalue weighted by Crippen LogP contribution is 2.20. The highest BCUT2D eigenvalue weighted by atomic mass is 16.1. The van der Waals surface area contributed by atoms with Crippen molar-refractivity contribution in [3.8, 4) is 6.07 Å². The van der Waals surface area contributed by atoms with Crippen molar-refractivity contribution in [1.29, 1.82) is 5.26 Å². The molecule has 4 nitrogen and oxygen atoms in total. The largest absolute Gasteiger partial charge is 0.340 e. The number of benzene rings is 2. The third-order valence-corrected chi connectivity index (χ3v) is 3.86. The molecule has 1 atom stereocenters. The molecular formula is C19H17N3O. The lowest BCUT2D eigenvalue weighted by atomic mass is 9.98. The molecule has 0 saturated carbocycles. The van der Waals surface area contributed by atoms with Crippen LogP contribution in [-0.2, 0) is 11.2 Å². The first-order valence-corrected chi connectivity index (χ1v) is 7.69. The number of hydrogen-bond donors (Lipinski definition) is 1. The van der Waals surface area contributed by atoms with Gasteiger partial charge in [0.25, 0.3) is 0 Å². The molecule has 0 saturated heterocycles. The molecule has 1 unspecified atom stereocenters. The fourth-order valence-corrected chi connectivity index (χ4v) is 2.65. The zero-order valence-corrected chi connectivity index (χ0v) is 12.7. The third kappa shape index (κ3) is 3.46. The second-order valence-electron chi connectivity index (χ2n) is 5.51. The Morgan fingerprint density at radius 3 is 2.61 bits per heavy atom. The second kappa shape index (κ2) is 6.89. The van der Waals surface area contributed by atoms with Gasteiger partial charge < -0.3 is 4.98 Å². The molecule has 3 aromatic rings. The van der Waals surface area contributed by atoms with E-state index in [-0.39, 0.29) is 5.78 Å². The first-order valence-electron chi connectivity index (χ1n) is 7.69. The molecule has 0 fully saturated rings. The van der Waals surface area contributed by atoms with Gasteiger partial charge in [-0.1, -0.05) is 42.5 Å². The van der Waals surface area contributed by atoms with Gasteiger partial charge in [-0.3, -0.25) is 4.79 Å². The zero-order chi connectivity index (χ0) is 16.1. The Labute approximate surface area is 134 Å². The SMILES string of the molecule is N#CC(C(=O)CCCc1ccccc1)c1nc2ccccc2[nH]1. The van der Waals surface area contributed by atoms with Gasteiger partial charge in [0, 0.05) is 6.42 Å². The number of aryl methyl sites for hydroxylation is 1. The van der Waals surface area contributed by atoms with Crippen LogP contribution in [0.2, 0.25) is 0 Å². The van der Waals surface area contributed by atoms with Crippen molar-refractivity contribution in [1.82, 2.24) is 9.97 Å². The van der Waals surface area contributed by atoms with Crippen LogP contribution in [0.3, 0.4) is 0 Å². The van der Waals surface area contributed by atoms with E-state index in [9.17, 15) is 10.1 Å². The zero-order valence-electron chi connectivity index (χ0n) is 12.7. The van der Waals surface area contributed by atoms with E-state index >= 15 is 0 Å². The Morgan fingerprint density at radius 2 is 1.87 bits per heavy atom. The minimum absolute atomic E-state index is 0.0810. The number of imidazole rings is 1. The molecule has 1 heterocycles. The number of fused-ring (bicyclic) bond motifs is 1. The van der Waals surface area contributed by atoms with Crippen molar-refractivity contribution in [2.45, 2.75) is 25.2 Å². The van der Waals surface area contributed by atoms with Crippen LogP contribution in [0.25, 0.3) is 11.0 Å². The number of rotatable bonds is 6. The summed E-state index contributed by atoms with van der Waals surface area (Å²) in [5.41, 5.74) is 2.83. The topological polar surface area (TPSA) is 69.5 Å². The number of para-hydroxylation sites is 2. The molecule has 3 rings (SSSR count). The molecule has 0 aliphatic rings. The predicted molar refractivity (Wildman–Crippen MR) is 88.8 cm³/mol. The van der Waals surface area contributed by atoms with E-state index in [0.717, 1.165) is 23.9 Å². The van der Waals surface area contributed by atoms with E-state index in [1.54, 1.807) is 0 Å². The second-order valence-corrected chi connectivity index (χ2v) is 5.51. The highest BCUT2D eigenvalue weighted by Gasteiger charge is 2.23. The fourth-order valence-electron chi connectivity index (χ4n) is 2.65. The average molecular weight is 303 g/mol. The lowest BCUT2D eigenvalue weighted by molar-refractivity contribution is -0.119. The number of aromatic nitrogens is 2. The molecular weight excluding hydrogens is 286 g/mol. The van der Waals surface area contributed by atoms with Gasteiger partial charge in [-0.2, -0.15) is 5.26 Å². The summed E-state index contributed by atoms with van der Waals surface area (Å²) in [6.45, 7) is 0. The molecule has 0 aliphatic carbocycles. The summed E-state index contributed by atoms with van der Waals surface area (Å²) in [5, 5.41) is 9.36. The van der Waals surface area contributed by atoms with Gasteiger partial charge in [-0.05, 0) is 30.5 Å². The summed E-state index contributed by atoms with van der Waals surface area (Å²) >= 11 is 0. The van der Waals surface area contributed by atoms with E-state index in [1.165, 1.54) is 5.56 Å². The molecule has 2 aromatic carbocycles. The van der Waals surface area contributed by atoms with Gasteiger partial charge in [-0.15, -0.1) is 0 Å². The maximum atomic E-state index is 12.4. The van der Waals surface area contributed by atoms with Crippen molar-refractivity contribution < 1.29 is 4.79 Å². The number of nitrogens with one attached hydrogen (secondary N) is 1. The first kappa shape index (κ1) is 15.0. The third-order valence-electron chi connectivity index (χ3n) is 3.86. The molecule has 0 radical (unpaired) electrons. The van der Waals surface area contributed by atoms with Gasteiger partial charge >= 0.3 is 0 Å². The standard InChI is InChI=1S/C19H17N3O/c20-13-15(19-21-16-10-4-5-11-17(16)22-19)18(23)12-6-9-14-7-2-1-3-8-14/h1-5,7-8,10-11,15H,6,9,12H2,(H,21,22). The number of hydrogen-bond acceptors (Lipinski definition) is 3. The number of Topliss-reactive ketones (excluding diaryl/α,β-unsaturated/α-hetero) is 1. The number of carbonyl (C=O) groups excluding carboxylic acids is 1. The molecule has 1 N–H and O–H groups in total. The normalized spacial score (nSPS) is 12.0. The van der Waals surface area contributed by atoms with Crippen LogP contribution in [-0.4, -0.2) is 15.8 Å². The van der Waals surface area contributed by atoms with Crippen molar-refractivity contribution in [2.24, 2.45) is 0 Å². The first-order chi connectivity index (χ1) is 11.3. The summed E-state index contributed by atoms with van der Waals surface area (Å²) in [6, 6.07) is 19.7. The van der Waals surface area contributed by atoms with E-state index in [4.69, 9.17) is 0 Å². The lowest BCUT2D eigenvalue weighted by Crippen LogP contribution is -2.12. The lowest BCUT2D eigenvalue weighted by Gasteiger charge is -2.05. The minimum Gasteiger partial charge on any atom is -0.340 e. The van der Waals surface area contributed by atoms with Crippen LogP contribution in [0.5, 0.6) is 0 Å². The highest BCUT2D eigenvalue weighted by molar-refractivity contribution is 5.88. The molecule has 0 aliphatic heterocycles. The van der Waals surface area contributed by atoms with Gasteiger partial charge in [-0.25, -0.2) is 4.98 Å². The molecule has 0 bridgehead atoms. The van der Waals surface area contributed by atoms with Crippen LogP contribution in [0.1, 0.15) is 30.1 Å². The Bertz CT molecular complexity index is 813. The summed E-state index contributed by atoms with van der Waals surface area (Å²) in [4.78, 5) is 19.8. The molecule has 4 heteroatoms.